The van der Waals surface area contributed by atoms with Crippen LogP contribution in [0.5, 0.6) is 0 Å². The highest BCUT2D eigenvalue weighted by molar-refractivity contribution is 6.23. The molecule has 4 atom stereocenters. The van der Waals surface area contributed by atoms with Crippen LogP contribution in [0.1, 0.15) is 46.4 Å². The Morgan fingerprint density at radius 1 is 0.917 bits per heavy atom. The van der Waals surface area contributed by atoms with E-state index >= 15 is 0 Å². The van der Waals surface area contributed by atoms with E-state index in [1.54, 1.807) is 36.4 Å². The standard InChI is InChI=1S/C26H25N5O5/c32-22(16-4-2-1-3-5-16)28-19-10-8-17(9-11-19)23(33)30-27-14-20-24(34)29-26(36)31(25(20)35)21-13-15-6-7-18(21)12-15/h1-5,8-11,14-15,18,20-21H,6-7,12-13H2,(H,28,32)(H,30,33)(H,29,34,36)/b27-14-/t15-,18-,20+,21+/m0/s1. The van der Waals surface area contributed by atoms with Gasteiger partial charge in [-0.2, -0.15) is 5.10 Å². The summed E-state index contributed by atoms with van der Waals surface area (Å²) in [5.41, 5.74) is 3.59. The highest BCUT2D eigenvalue weighted by Crippen LogP contribution is 2.47. The van der Waals surface area contributed by atoms with E-state index in [-0.39, 0.29) is 23.4 Å². The Kier molecular flexibility index (Phi) is 6.32. The summed E-state index contributed by atoms with van der Waals surface area (Å²) in [7, 11) is 0. The van der Waals surface area contributed by atoms with Crippen LogP contribution in [0, 0.1) is 17.8 Å². The molecular formula is C26H25N5O5. The molecule has 10 nitrogen and oxygen atoms in total. The number of barbiturate groups is 1. The molecule has 0 spiro atoms. The smallest absolute Gasteiger partial charge is 0.322 e. The molecule has 2 aliphatic carbocycles. The number of carbonyl (C=O) groups is 5. The molecule has 36 heavy (non-hydrogen) atoms. The Labute approximate surface area is 207 Å². The maximum Gasteiger partial charge on any atom is 0.331 e. The van der Waals surface area contributed by atoms with Gasteiger partial charge in [-0.05, 0) is 67.5 Å². The van der Waals surface area contributed by atoms with Gasteiger partial charge >= 0.3 is 6.03 Å². The number of fused-ring (bicyclic) bond motifs is 2. The Hall–Kier alpha value is -4.34. The maximum absolute atomic E-state index is 13.0. The molecule has 0 aromatic heterocycles. The largest absolute Gasteiger partial charge is 0.331 e. The van der Waals surface area contributed by atoms with Crippen LogP contribution >= 0.6 is 0 Å². The van der Waals surface area contributed by atoms with Gasteiger partial charge in [0.2, 0.25) is 11.8 Å². The minimum absolute atomic E-state index is 0.198. The van der Waals surface area contributed by atoms with E-state index in [2.05, 4.69) is 21.2 Å². The Morgan fingerprint density at radius 2 is 1.64 bits per heavy atom. The number of hydrazone groups is 1. The van der Waals surface area contributed by atoms with Crippen molar-refractivity contribution in [1.82, 2.24) is 15.6 Å². The summed E-state index contributed by atoms with van der Waals surface area (Å²) in [5.74, 6) is -2.71. The van der Waals surface area contributed by atoms with Crippen LogP contribution in [0.3, 0.4) is 0 Å². The van der Waals surface area contributed by atoms with Crippen LogP contribution in [0.15, 0.2) is 59.7 Å². The SMILES string of the molecule is O=C(N/N=C\[C@@H]1C(=O)NC(=O)N([C@@H]2C[C@H]3CC[C@H]2C3)C1=O)c1ccc(NC(=O)c2ccccc2)cc1. The number of hydrogen-bond donors (Lipinski definition) is 3. The molecule has 184 valence electrons. The van der Waals surface area contributed by atoms with Crippen molar-refractivity contribution in [3.8, 4) is 0 Å². The average molecular weight is 488 g/mol. The molecule has 6 amide bonds. The summed E-state index contributed by atoms with van der Waals surface area (Å²) in [6.45, 7) is 0. The highest BCUT2D eigenvalue weighted by Gasteiger charge is 2.50. The van der Waals surface area contributed by atoms with E-state index in [9.17, 15) is 24.0 Å². The van der Waals surface area contributed by atoms with E-state index in [1.807, 2.05) is 6.07 Å². The Bertz CT molecular complexity index is 1240. The second kappa shape index (κ2) is 9.73. The first-order valence-electron chi connectivity index (χ1n) is 11.9. The predicted octanol–water partition coefficient (Wildman–Crippen LogP) is 2.54. The molecule has 1 aliphatic heterocycles. The van der Waals surface area contributed by atoms with E-state index in [0.717, 1.165) is 31.9 Å². The number of rotatable bonds is 6. The number of hydrogen-bond acceptors (Lipinski definition) is 6. The van der Waals surface area contributed by atoms with Crippen molar-refractivity contribution in [3.05, 3.63) is 65.7 Å². The van der Waals surface area contributed by atoms with Crippen LogP contribution in [0.4, 0.5) is 10.5 Å². The van der Waals surface area contributed by atoms with E-state index in [0.29, 0.717) is 17.2 Å². The first-order valence-corrected chi connectivity index (χ1v) is 11.9. The third-order valence-corrected chi connectivity index (χ3v) is 7.10. The molecule has 0 radical (unpaired) electrons. The molecule has 2 bridgehead atoms. The third kappa shape index (κ3) is 4.61. The fraction of sp³-hybridized carbons (Fsp3) is 0.308. The minimum atomic E-state index is -1.29. The molecule has 0 unspecified atom stereocenters. The van der Waals surface area contributed by atoms with Crippen LogP contribution in [0.2, 0.25) is 0 Å². The van der Waals surface area contributed by atoms with Crippen molar-refractivity contribution >= 4 is 41.6 Å². The summed E-state index contributed by atoms with van der Waals surface area (Å²) < 4.78 is 0. The normalized spacial score (nSPS) is 25.2. The molecule has 10 heteroatoms. The number of benzene rings is 2. The molecule has 2 aromatic rings. The van der Waals surface area contributed by atoms with Gasteiger partial charge in [-0.25, -0.2) is 10.2 Å². The minimum Gasteiger partial charge on any atom is -0.322 e. The summed E-state index contributed by atoms with van der Waals surface area (Å²) in [6.07, 6.45) is 4.90. The molecule has 2 aromatic carbocycles. The van der Waals surface area contributed by atoms with Crippen molar-refractivity contribution < 1.29 is 24.0 Å². The lowest BCUT2D eigenvalue weighted by Crippen LogP contribution is -2.62. The fourth-order valence-electron chi connectivity index (χ4n) is 5.31. The van der Waals surface area contributed by atoms with Gasteiger partial charge in [0.1, 0.15) is 0 Å². The summed E-state index contributed by atoms with van der Waals surface area (Å²) in [6, 6.07) is 14.0. The lowest BCUT2D eigenvalue weighted by molar-refractivity contribution is -0.141. The zero-order valence-electron chi connectivity index (χ0n) is 19.3. The zero-order valence-corrected chi connectivity index (χ0v) is 19.3. The molecule has 3 N–H and O–H groups in total. The zero-order chi connectivity index (χ0) is 25.2. The monoisotopic (exact) mass is 487 g/mol. The number of nitrogens with one attached hydrogen (secondary N) is 3. The summed E-state index contributed by atoms with van der Waals surface area (Å²) >= 11 is 0. The van der Waals surface area contributed by atoms with Crippen molar-refractivity contribution in [2.24, 2.45) is 22.9 Å². The average Bonchev–Trinajstić information content (AvgIpc) is 3.51. The maximum atomic E-state index is 13.0. The second-order valence-electron chi connectivity index (χ2n) is 9.34. The molecule has 1 saturated heterocycles. The van der Waals surface area contributed by atoms with Gasteiger partial charge in [-0.3, -0.25) is 29.4 Å². The Balaban J connectivity index is 1.19. The van der Waals surface area contributed by atoms with E-state index in [1.165, 1.54) is 17.0 Å². The van der Waals surface area contributed by atoms with Gasteiger partial charge < -0.3 is 5.32 Å². The first-order chi connectivity index (χ1) is 17.4. The van der Waals surface area contributed by atoms with Gasteiger partial charge in [0.15, 0.2) is 5.92 Å². The summed E-state index contributed by atoms with van der Waals surface area (Å²) in [5, 5.41) is 8.79. The van der Waals surface area contributed by atoms with Crippen LogP contribution in [-0.2, 0) is 9.59 Å². The third-order valence-electron chi connectivity index (χ3n) is 7.10. The van der Waals surface area contributed by atoms with Gasteiger partial charge in [0, 0.05) is 29.1 Å². The van der Waals surface area contributed by atoms with E-state index < -0.39 is 29.7 Å². The molecular weight excluding hydrogens is 462 g/mol. The number of anilines is 1. The van der Waals surface area contributed by atoms with Gasteiger partial charge in [-0.15, -0.1) is 0 Å². The number of carbonyl (C=O) groups excluding carboxylic acids is 5. The summed E-state index contributed by atoms with van der Waals surface area (Å²) in [4.78, 5) is 63.6. The number of amides is 6. The molecule has 1 heterocycles. The van der Waals surface area contributed by atoms with Crippen molar-refractivity contribution in [3.63, 3.8) is 0 Å². The highest BCUT2D eigenvalue weighted by atomic mass is 16.2. The molecule has 2 saturated carbocycles. The fourth-order valence-corrected chi connectivity index (χ4v) is 5.31. The number of imide groups is 2. The van der Waals surface area contributed by atoms with Crippen LogP contribution in [0.25, 0.3) is 0 Å². The Morgan fingerprint density at radius 3 is 2.31 bits per heavy atom. The van der Waals surface area contributed by atoms with Crippen molar-refractivity contribution in [2.45, 2.75) is 31.7 Å². The van der Waals surface area contributed by atoms with Gasteiger partial charge in [0.25, 0.3) is 11.8 Å². The van der Waals surface area contributed by atoms with Crippen molar-refractivity contribution in [2.75, 3.05) is 5.32 Å². The van der Waals surface area contributed by atoms with E-state index in [4.69, 9.17) is 0 Å². The topological polar surface area (TPSA) is 137 Å². The quantitative estimate of drug-likeness (QED) is 0.327. The lowest BCUT2D eigenvalue weighted by Gasteiger charge is -2.36. The number of urea groups is 1. The van der Waals surface area contributed by atoms with Crippen molar-refractivity contribution in [1.29, 1.82) is 0 Å². The molecule has 3 aliphatic rings. The first kappa shape index (κ1) is 23.4. The van der Waals surface area contributed by atoms with Gasteiger partial charge in [0.05, 0.1) is 0 Å². The molecule has 3 fully saturated rings. The predicted molar refractivity (Wildman–Crippen MR) is 130 cm³/mol. The van der Waals surface area contributed by atoms with Crippen LogP contribution in [-0.4, -0.2) is 46.8 Å². The molecule has 5 rings (SSSR count). The lowest BCUT2D eigenvalue weighted by atomic mass is 9.92. The number of nitrogens with zero attached hydrogens (tertiary/aromatic N) is 2. The second-order valence-corrected chi connectivity index (χ2v) is 9.34. The van der Waals surface area contributed by atoms with Gasteiger partial charge in [-0.1, -0.05) is 24.6 Å². The van der Waals surface area contributed by atoms with Crippen LogP contribution < -0.4 is 16.1 Å².